The maximum absolute atomic E-state index is 11.9. The Morgan fingerprint density at radius 1 is 1.22 bits per heavy atom. The van der Waals surface area contributed by atoms with Crippen LogP contribution in [0.3, 0.4) is 0 Å². The summed E-state index contributed by atoms with van der Waals surface area (Å²) in [6.45, 7) is 1.87. The van der Waals surface area contributed by atoms with Crippen molar-refractivity contribution in [3.05, 3.63) is 50.2 Å². The average molecular weight is 398 g/mol. The third-order valence-electron chi connectivity index (χ3n) is 2.13. The molecule has 0 saturated heterocycles. The summed E-state index contributed by atoms with van der Waals surface area (Å²) in [5.41, 5.74) is 0.964. The molecule has 2 rings (SSSR count). The summed E-state index contributed by atoms with van der Waals surface area (Å²) in [5, 5.41) is 3.48. The van der Waals surface area contributed by atoms with Crippen LogP contribution in [0.15, 0.2) is 46.0 Å². The molecule has 1 N–H and O–H groups in total. The summed E-state index contributed by atoms with van der Waals surface area (Å²) < 4.78 is 39.1. The average Bonchev–Trinajstić information content (AvgIpc) is 2.82. The van der Waals surface area contributed by atoms with E-state index in [0.29, 0.717) is 3.57 Å². The van der Waals surface area contributed by atoms with Gasteiger partial charge in [0.25, 0.3) is 0 Å². The zero-order valence-electron chi connectivity index (χ0n) is 9.41. The van der Waals surface area contributed by atoms with E-state index in [0.717, 1.165) is 5.56 Å². The fraction of sp³-hybridized carbons (Fsp3) is 0.0909. The summed E-state index contributed by atoms with van der Waals surface area (Å²) in [6.07, 6.45) is 0. The fourth-order valence-electron chi connectivity index (χ4n) is 1.20. The molecule has 0 fully saturated rings. The predicted octanol–water partition coefficient (Wildman–Crippen LogP) is 2.96. The zero-order valence-corrected chi connectivity index (χ0v) is 13.2. The molecule has 0 atom stereocenters. The van der Waals surface area contributed by atoms with Crippen molar-refractivity contribution in [1.29, 1.82) is 0 Å². The van der Waals surface area contributed by atoms with Gasteiger partial charge in [-0.1, -0.05) is 0 Å². The van der Waals surface area contributed by atoms with Crippen LogP contribution in [-0.2, 0) is 12.6 Å². The van der Waals surface area contributed by atoms with Gasteiger partial charge in [0.2, 0.25) is 0 Å². The van der Waals surface area contributed by atoms with Gasteiger partial charge in [-0.2, -0.15) is 0 Å². The Balaban J connectivity index is 2.20. The van der Waals surface area contributed by atoms with Crippen LogP contribution < -0.4 is 0 Å². The van der Waals surface area contributed by atoms with E-state index in [1.807, 2.05) is 6.92 Å². The van der Waals surface area contributed by atoms with Gasteiger partial charge < -0.3 is 0 Å². The van der Waals surface area contributed by atoms with Gasteiger partial charge in [0.15, 0.2) is 0 Å². The van der Waals surface area contributed by atoms with Gasteiger partial charge in [0, 0.05) is 0 Å². The van der Waals surface area contributed by atoms with E-state index in [2.05, 4.69) is 0 Å². The van der Waals surface area contributed by atoms with E-state index >= 15 is 0 Å². The molecule has 0 unspecified atom stereocenters. The topological polar surface area (TPSA) is 63.6 Å². The molecule has 0 spiro atoms. The van der Waals surface area contributed by atoms with Crippen molar-refractivity contribution in [2.24, 2.45) is 0 Å². The molecule has 0 radical (unpaired) electrons. The Bertz CT molecular complexity index is 605. The minimum atomic E-state index is -3.88. The Labute approximate surface area is 118 Å². The number of rotatable bonds is 4. The van der Waals surface area contributed by atoms with Crippen molar-refractivity contribution in [1.82, 2.24) is 0 Å². The quantitative estimate of drug-likeness (QED) is 0.805. The Morgan fingerprint density at radius 3 is 2.44 bits per heavy atom. The number of benzene rings is 1. The second-order valence-corrected chi connectivity index (χ2v) is 9.43. The van der Waals surface area contributed by atoms with Gasteiger partial charge in [-0.15, -0.1) is 0 Å². The molecular weight excluding hydrogens is 387 g/mol. The number of hydrogen-bond acceptors (Lipinski definition) is 5. The number of halogens is 1. The first-order valence-electron chi connectivity index (χ1n) is 4.92. The second-order valence-electron chi connectivity index (χ2n) is 3.50. The van der Waals surface area contributed by atoms with Gasteiger partial charge in [0.05, 0.1) is 0 Å². The molecule has 0 amide bonds. The van der Waals surface area contributed by atoms with Crippen molar-refractivity contribution in [3.8, 4) is 0 Å². The second kappa shape index (κ2) is 5.66. The van der Waals surface area contributed by atoms with Crippen molar-refractivity contribution in [3.63, 3.8) is 0 Å². The summed E-state index contributed by atoms with van der Waals surface area (Å²) in [4.78, 5) is 0.0691. The van der Waals surface area contributed by atoms with Gasteiger partial charge >= 0.3 is 119 Å². The van der Waals surface area contributed by atoms with Gasteiger partial charge in [-0.05, 0) is 0 Å². The summed E-state index contributed by atoms with van der Waals surface area (Å²) >= 11 is -1.68. The molecule has 1 heterocycles. The summed E-state index contributed by atoms with van der Waals surface area (Å²) in [5.74, 6) is 0. The van der Waals surface area contributed by atoms with E-state index in [1.165, 1.54) is 23.5 Å². The molecule has 18 heavy (non-hydrogen) atoms. The summed E-state index contributed by atoms with van der Waals surface area (Å²) in [6, 6.07) is 8.01. The van der Waals surface area contributed by atoms with Gasteiger partial charge in [0.1, 0.15) is 0 Å². The van der Waals surface area contributed by atoms with Crippen molar-refractivity contribution in [2.45, 2.75) is 11.8 Å². The SMILES string of the molecule is Cc1ccc(S(=O)(=O)OI(O)c2ccsc2)cc1. The molecule has 1 aromatic carbocycles. The molecule has 0 aliphatic heterocycles. The Hall–Kier alpha value is -0.480. The van der Waals surface area contributed by atoms with Crippen LogP contribution >= 0.6 is 32.0 Å². The first-order valence-corrected chi connectivity index (χ1v) is 10.2. The molecule has 1 aromatic heterocycles. The number of aryl methyl sites for hydroxylation is 1. The van der Waals surface area contributed by atoms with Gasteiger partial charge in [-0.25, -0.2) is 0 Å². The standard InChI is InChI=1S/C11H11IO4S2/c1-9-2-4-11(5-3-9)18(14,15)16-12(13)10-6-7-17-8-10/h2-8,13H,1H3. The minimum absolute atomic E-state index is 0.0691. The van der Waals surface area contributed by atoms with E-state index < -0.39 is 30.8 Å². The first-order chi connectivity index (χ1) is 8.49. The van der Waals surface area contributed by atoms with Crippen molar-refractivity contribution >= 4 is 42.1 Å². The maximum atomic E-state index is 11.9. The van der Waals surface area contributed by atoms with Crippen LogP contribution in [0, 0.1) is 10.5 Å². The van der Waals surface area contributed by atoms with E-state index in [-0.39, 0.29) is 4.90 Å². The zero-order chi connectivity index (χ0) is 13.2. The van der Waals surface area contributed by atoms with Crippen LogP contribution in [0.4, 0.5) is 0 Å². The molecule has 2 aromatic rings. The van der Waals surface area contributed by atoms with Crippen LogP contribution in [0.1, 0.15) is 5.56 Å². The Morgan fingerprint density at radius 2 is 1.89 bits per heavy atom. The molecular formula is C11H11IO4S2. The van der Waals surface area contributed by atoms with E-state index in [9.17, 15) is 11.9 Å². The van der Waals surface area contributed by atoms with Crippen LogP contribution in [0.25, 0.3) is 0 Å². The third-order valence-corrected chi connectivity index (χ3v) is 8.54. The fourth-order valence-corrected chi connectivity index (χ4v) is 6.97. The van der Waals surface area contributed by atoms with E-state index in [4.69, 9.17) is 2.51 Å². The molecule has 4 nitrogen and oxygen atoms in total. The molecule has 0 bridgehead atoms. The van der Waals surface area contributed by atoms with Crippen LogP contribution in [0.5, 0.6) is 0 Å². The van der Waals surface area contributed by atoms with Crippen molar-refractivity contribution < 1.29 is 14.4 Å². The number of thiophene rings is 1. The summed E-state index contributed by atoms with van der Waals surface area (Å²) in [7, 11) is -3.88. The predicted molar refractivity (Wildman–Crippen MR) is 78.7 cm³/mol. The van der Waals surface area contributed by atoms with Gasteiger partial charge in [-0.3, -0.25) is 0 Å². The third kappa shape index (κ3) is 3.29. The normalized spacial score (nSPS) is 12.4. The van der Waals surface area contributed by atoms with Crippen molar-refractivity contribution in [2.75, 3.05) is 0 Å². The Kier molecular flexibility index (Phi) is 4.38. The first kappa shape index (κ1) is 13.9. The molecule has 0 aliphatic rings. The monoisotopic (exact) mass is 398 g/mol. The molecule has 0 saturated carbocycles. The number of hydrogen-bond donors (Lipinski definition) is 1. The molecule has 98 valence electrons. The molecule has 7 heteroatoms. The van der Waals surface area contributed by atoms with Crippen LogP contribution in [-0.4, -0.2) is 11.9 Å². The molecule has 0 aliphatic carbocycles. The van der Waals surface area contributed by atoms with E-state index in [1.54, 1.807) is 29.0 Å². The van der Waals surface area contributed by atoms with Crippen LogP contribution in [0.2, 0.25) is 0 Å².